The molecule has 1 amide bonds. The van der Waals surface area contributed by atoms with Crippen LogP contribution in [0.1, 0.15) is 15.2 Å². The minimum absolute atomic E-state index is 0.124. The normalized spacial score (nSPS) is 14.7. The number of fused-ring (bicyclic) bond motifs is 1. The summed E-state index contributed by atoms with van der Waals surface area (Å²) in [5, 5.41) is 0.461. The number of halogens is 2. The van der Waals surface area contributed by atoms with Gasteiger partial charge >= 0.3 is 0 Å². The van der Waals surface area contributed by atoms with Crippen molar-refractivity contribution >= 4 is 33.0 Å². The molecule has 0 spiro atoms. The number of para-hydroxylation sites is 1. The van der Waals surface area contributed by atoms with E-state index in [-0.39, 0.29) is 24.1 Å². The van der Waals surface area contributed by atoms with Crippen LogP contribution in [0.5, 0.6) is 0 Å². The molecule has 2 heterocycles. The molecule has 1 aliphatic rings. The van der Waals surface area contributed by atoms with E-state index in [2.05, 4.69) is 0 Å². The first kappa shape index (κ1) is 18.8. The van der Waals surface area contributed by atoms with Gasteiger partial charge in [-0.05, 0) is 24.3 Å². The van der Waals surface area contributed by atoms with E-state index in [4.69, 9.17) is 4.74 Å². The Labute approximate surface area is 165 Å². The molecule has 1 aliphatic heterocycles. The van der Waals surface area contributed by atoms with Crippen molar-refractivity contribution in [3.8, 4) is 0 Å². The molecule has 0 aliphatic carbocycles. The van der Waals surface area contributed by atoms with Gasteiger partial charge in [0, 0.05) is 48.9 Å². The van der Waals surface area contributed by atoms with Crippen molar-refractivity contribution in [1.29, 1.82) is 0 Å². The summed E-state index contributed by atoms with van der Waals surface area (Å²) in [6.45, 7) is 2.24. The molecule has 0 radical (unpaired) electrons. The van der Waals surface area contributed by atoms with Crippen LogP contribution in [-0.2, 0) is 11.3 Å². The van der Waals surface area contributed by atoms with Crippen LogP contribution in [0.3, 0.4) is 0 Å². The highest BCUT2D eigenvalue weighted by molar-refractivity contribution is 7.21. The zero-order chi connectivity index (χ0) is 19.7. The zero-order valence-electron chi connectivity index (χ0n) is 15.5. The van der Waals surface area contributed by atoms with E-state index < -0.39 is 0 Å². The number of rotatable bonds is 4. The molecule has 3 aromatic rings. The SMILES string of the molecule is COCc1c(C(=O)N2CCN(c3ccccc3F)CC2)sc2cccc(F)c12. The molecule has 146 valence electrons. The van der Waals surface area contributed by atoms with E-state index in [1.807, 2.05) is 11.0 Å². The van der Waals surface area contributed by atoms with Gasteiger partial charge in [-0.3, -0.25) is 4.79 Å². The van der Waals surface area contributed by atoms with Crippen LogP contribution >= 0.6 is 11.3 Å². The van der Waals surface area contributed by atoms with Crippen LogP contribution in [-0.4, -0.2) is 44.1 Å². The minimum Gasteiger partial charge on any atom is -0.380 e. The van der Waals surface area contributed by atoms with Crippen LogP contribution in [0.4, 0.5) is 14.5 Å². The van der Waals surface area contributed by atoms with E-state index in [0.29, 0.717) is 47.7 Å². The molecule has 4 rings (SSSR count). The molecular formula is C21H20F2N2O2S. The Morgan fingerprint density at radius 2 is 1.75 bits per heavy atom. The topological polar surface area (TPSA) is 32.8 Å². The van der Waals surface area contributed by atoms with Gasteiger partial charge in [0.2, 0.25) is 0 Å². The van der Waals surface area contributed by atoms with E-state index in [1.165, 1.54) is 30.6 Å². The maximum Gasteiger partial charge on any atom is 0.264 e. The van der Waals surface area contributed by atoms with Crippen LogP contribution in [0.15, 0.2) is 42.5 Å². The van der Waals surface area contributed by atoms with Crippen molar-refractivity contribution in [3.05, 3.63) is 64.5 Å². The Balaban J connectivity index is 1.57. The predicted molar refractivity (Wildman–Crippen MR) is 107 cm³/mol. The number of benzene rings is 2. The lowest BCUT2D eigenvalue weighted by molar-refractivity contribution is 0.0747. The molecule has 0 N–H and O–H groups in total. The van der Waals surface area contributed by atoms with Gasteiger partial charge in [-0.15, -0.1) is 11.3 Å². The lowest BCUT2D eigenvalue weighted by atomic mass is 10.1. The molecule has 0 bridgehead atoms. The Hall–Kier alpha value is -2.51. The molecule has 1 aromatic heterocycles. The predicted octanol–water partition coefficient (Wildman–Crippen LogP) is 4.29. The number of ether oxygens (including phenoxy) is 1. The minimum atomic E-state index is -0.343. The fourth-order valence-electron chi connectivity index (χ4n) is 3.62. The number of methoxy groups -OCH3 is 1. The molecule has 1 fully saturated rings. The fourth-order valence-corrected chi connectivity index (χ4v) is 4.81. The first-order chi connectivity index (χ1) is 13.6. The maximum atomic E-state index is 14.3. The standard InChI is InChI=1S/C21H20F2N2O2S/c1-27-13-14-19-16(23)6-4-8-18(19)28-20(14)21(26)25-11-9-24(10-12-25)17-7-3-2-5-15(17)22/h2-8H,9-13H2,1H3. The average Bonchev–Trinajstić information content (AvgIpc) is 3.08. The summed E-state index contributed by atoms with van der Waals surface area (Å²) < 4.78 is 34.3. The summed E-state index contributed by atoms with van der Waals surface area (Å²) in [4.78, 5) is 17.4. The van der Waals surface area contributed by atoms with Crippen LogP contribution in [0.2, 0.25) is 0 Å². The fraction of sp³-hybridized carbons (Fsp3) is 0.286. The van der Waals surface area contributed by atoms with Crippen LogP contribution < -0.4 is 4.90 Å². The first-order valence-electron chi connectivity index (χ1n) is 9.07. The highest BCUT2D eigenvalue weighted by Gasteiger charge is 2.28. The number of anilines is 1. The van der Waals surface area contributed by atoms with E-state index in [9.17, 15) is 13.6 Å². The van der Waals surface area contributed by atoms with Gasteiger partial charge in [0.25, 0.3) is 5.91 Å². The van der Waals surface area contributed by atoms with Crippen molar-refractivity contribution in [1.82, 2.24) is 4.90 Å². The second kappa shape index (κ2) is 7.85. The smallest absolute Gasteiger partial charge is 0.264 e. The first-order valence-corrected chi connectivity index (χ1v) is 9.89. The number of nitrogens with zero attached hydrogens (tertiary/aromatic N) is 2. The molecular weight excluding hydrogens is 382 g/mol. The highest BCUT2D eigenvalue weighted by Crippen LogP contribution is 2.35. The number of hydrogen-bond acceptors (Lipinski definition) is 4. The van der Waals surface area contributed by atoms with E-state index in [0.717, 1.165) is 4.70 Å². The summed E-state index contributed by atoms with van der Waals surface area (Å²) >= 11 is 1.29. The van der Waals surface area contributed by atoms with Crippen molar-refractivity contribution in [2.75, 3.05) is 38.2 Å². The van der Waals surface area contributed by atoms with Crippen LogP contribution in [0.25, 0.3) is 10.1 Å². The molecule has 2 aromatic carbocycles. The number of hydrogen-bond donors (Lipinski definition) is 0. The van der Waals surface area contributed by atoms with Crippen molar-refractivity contribution in [2.45, 2.75) is 6.61 Å². The lowest BCUT2D eigenvalue weighted by Crippen LogP contribution is -2.49. The van der Waals surface area contributed by atoms with E-state index >= 15 is 0 Å². The Kier molecular flexibility index (Phi) is 5.28. The third-order valence-electron chi connectivity index (χ3n) is 5.01. The number of carbonyl (C=O) groups is 1. The van der Waals surface area contributed by atoms with Gasteiger partial charge in [-0.25, -0.2) is 8.78 Å². The third kappa shape index (κ3) is 3.36. The van der Waals surface area contributed by atoms with E-state index in [1.54, 1.807) is 29.2 Å². The molecule has 1 saturated heterocycles. The summed E-state index contributed by atoms with van der Waals surface area (Å²) in [6, 6.07) is 11.5. The highest BCUT2D eigenvalue weighted by atomic mass is 32.1. The van der Waals surface area contributed by atoms with Gasteiger partial charge in [-0.2, -0.15) is 0 Å². The Bertz CT molecular complexity index is 1010. The second-order valence-corrected chi connectivity index (χ2v) is 7.74. The number of carbonyl (C=O) groups excluding carboxylic acids is 1. The summed E-state index contributed by atoms with van der Waals surface area (Å²) in [5.41, 5.74) is 1.15. The average molecular weight is 402 g/mol. The number of piperazine rings is 1. The summed E-state index contributed by atoms with van der Waals surface area (Å²) in [6.07, 6.45) is 0. The van der Waals surface area contributed by atoms with Crippen LogP contribution in [0, 0.1) is 11.6 Å². The van der Waals surface area contributed by atoms with Gasteiger partial charge in [0.15, 0.2) is 0 Å². The Morgan fingerprint density at radius 1 is 1.04 bits per heavy atom. The molecule has 28 heavy (non-hydrogen) atoms. The number of amides is 1. The van der Waals surface area contributed by atoms with Crippen molar-refractivity contribution < 1.29 is 18.3 Å². The molecule has 0 unspecified atom stereocenters. The molecule has 0 saturated carbocycles. The lowest BCUT2D eigenvalue weighted by Gasteiger charge is -2.36. The Morgan fingerprint density at radius 3 is 2.46 bits per heavy atom. The van der Waals surface area contributed by atoms with Gasteiger partial charge < -0.3 is 14.5 Å². The molecule has 7 heteroatoms. The third-order valence-corrected chi connectivity index (χ3v) is 6.19. The zero-order valence-corrected chi connectivity index (χ0v) is 16.3. The van der Waals surface area contributed by atoms with Gasteiger partial charge in [0.1, 0.15) is 11.6 Å². The molecule has 4 nitrogen and oxygen atoms in total. The second-order valence-electron chi connectivity index (χ2n) is 6.69. The quantitative estimate of drug-likeness (QED) is 0.653. The van der Waals surface area contributed by atoms with Crippen molar-refractivity contribution in [3.63, 3.8) is 0 Å². The van der Waals surface area contributed by atoms with Crippen molar-refractivity contribution in [2.24, 2.45) is 0 Å². The monoisotopic (exact) mass is 402 g/mol. The van der Waals surface area contributed by atoms with Gasteiger partial charge in [0.05, 0.1) is 17.2 Å². The maximum absolute atomic E-state index is 14.3. The summed E-state index contributed by atoms with van der Waals surface area (Å²) in [5.74, 6) is -0.727. The largest absolute Gasteiger partial charge is 0.380 e. The number of thiophene rings is 1. The molecule has 0 atom stereocenters. The van der Waals surface area contributed by atoms with Gasteiger partial charge in [-0.1, -0.05) is 18.2 Å². The summed E-state index contributed by atoms with van der Waals surface area (Å²) in [7, 11) is 1.53.